The van der Waals surface area contributed by atoms with Gasteiger partial charge in [0, 0.05) is 23.6 Å². The molecule has 0 saturated carbocycles. The molecule has 3 heterocycles. The number of carbonyl (C=O) groups is 1. The molecule has 1 amide bonds. The first-order valence-corrected chi connectivity index (χ1v) is 9.22. The van der Waals surface area contributed by atoms with E-state index in [1.54, 1.807) is 4.57 Å². The number of amides is 1. The molecular formula is C15H18N4O2S2. The lowest BCUT2D eigenvalue weighted by Gasteiger charge is -2.25. The molecule has 3 rings (SSSR count). The van der Waals surface area contributed by atoms with Crippen molar-refractivity contribution in [3.05, 3.63) is 33.4 Å². The first kappa shape index (κ1) is 16.2. The summed E-state index contributed by atoms with van der Waals surface area (Å²) in [5.41, 5.74) is 2.39. The minimum absolute atomic E-state index is 0.0198. The summed E-state index contributed by atoms with van der Waals surface area (Å²) in [6.45, 7) is 6.08. The van der Waals surface area contributed by atoms with E-state index >= 15 is 0 Å². The quantitative estimate of drug-likeness (QED) is 0.859. The molecule has 8 heteroatoms. The highest BCUT2D eigenvalue weighted by atomic mass is 32.2. The molecular weight excluding hydrogens is 332 g/mol. The van der Waals surface area contributed by atoms with Crippen molar-refractivity contribution in [2.45, 2.75) is 38.9 Å². The van der Waals surface area contributed by atoms with Gasteiger partial charge in [0.1, 0.15) is 5.00 Å². The number of nitrogens with zero attached hydrogens (tertiary/aromatic N) is 3. The van der Waals surface area contributed by atoms with E-state index in [1.165, 1.54) is 23.3 Å². The Kier molecular flexibility index (Phi) is 4.54. The third-order valence-corrected chi connectivity index (χ3v) is 5.78. The van der Waals surface area contributed by atoms with E-state index in [1.807, 2.05) is 26.8 Å². The molecule has 0 radical (unpaired) electrons. The van der Waals surface area contributed by atoms with Crippen LogP contribution in [0.25, 0.3) is 0 Å². The smallest absolute Gasteiger partial charge is 0.257 e. The van der Waals surface area contributed by atoms with Crippen molar-refractivity contribution in [2.24, 2.45) is 5.92 Å². The van der Waals surface area contributed by atoms with E-state index in [0.29, 0.717) is 23.9 Å². The Labute approximate surface area is 142 Å². The predicted octanol–water partition coefficient (Wildman–Crippen LogP) is 2.24. The maximum absolute atomic E-state index is 12.6. The van der Waals surface area contributed by atoms with Crippen LogP contribution in [0.3, 0.4) is 0 Å². The average molecular weight is 350 g/mol. The molecule has 122 valence electrons. The topological polar surface area (TPSA) is 76.9 Å². The van der Waals surface area contributed by atoms with Crippen molar-refractivity contribution in [3.8, 4) is 0 Å². The van der Waals surface area contributed by atoms with Gasteiger partial charge in [0.2, 0.25) is 5.91 Å². The van der Waals surface area contributed by atoms with Gasteiger partial charge in [-0.25, -0.2) is 4.98 Å². The normalized spacial score (nSPS) is 16.9. The van der Waals surface area contributed by atoms with Gasteiger partial charge >= 0.3 is 0 Å². The van der Waals surface area contributed by atoms with Gasteiger partial charge in [0.15, 0.2) is 5.16 Å². The van der Waals surface area contributed by atoms with Crippen molar-refractivity contribution >= 4 is 34.2 Å². The second kappa shape index (κ2) is 6.45. The molecule has 1 N–H and O–H groups in total. The van der Waals surface area contributed by atoms with E-state index in [-0.39, 0.29) is 17.4 Å². The van der Waals surface area contributed by atoms with Crippen LogP contribution >= 0.6 is 23.3 Å². The molecule has 0 fully saturated rings. The van der Waals surface area contributed by atoms with Crippen LogP contribution < -0.4 is 10.9 Å². The summed E-state index contributed by atoms with van der Waals surface area (Å²) in [7, 11) is 0. The van der Waals surface area contributed by atoms with Crippen LogP contribution in [0.15, 0.2) is 16.0 Å². The maximum Gasteiger partial charge on any atom is 0.257 e. The van der Waals surface area contributed by atoms with Crippen molar-refractivity contribution in [3.63, 3.8) is 0 Å². The SMILES string of the molecule is CCc1c(C)nc2n(c1=O)CC(C(=O)Nc1cc(C)ns1)CS2. The predicted molar refractivity (Wildman–Crippen MR) is 92.3 cm³/mol. The molecule has 0 bridgehead atoms. The fourth-order valence-corrected chi connectivity index (χ4v) is 4.39. The fourth-order valence-electron chi connectivity index (χ4n) is 2.61. The van der Waals surface area contributed by atoms with Gasteiger partial charge in [-0.15, -0.1) is 0 Å². The average Bonchev–Trinajstić information content (AvgIpc) is 2.92. The van der Waals surface area contributed by atoms with Crippen LogP contribution in [0.5, 0.6) is 0 Å². The van der Waals surface area contributed by atoms with Gasteiger partial charge < -0.3 is 5.32 Å². The van der Waals surface area contributed by atoms with Crippen LogP contribution in [0.1, 0.15) is 23.9 Å². The number of carbonyl (C=O) groups excluding carboxylic acids is 1. The van der Waals surface area contributed by atoms with Crippen molar-refractivity contribution in [2.75, 3.05) is 11.1 Å². The number of nitrogens with one attached hydrogen (secondary N) is 1. The van der Waals surface area contributed by atoms with E-state index in [0.717, 1.165) is 22.0 Å². The van der Waals surface area contributed by atoms with Crippen molar-refractivity contribution in [1.82, 2.24) is 13.9 Å². The molecule has 0 aromatic carbocycles. The third-order valence-electron chi connectivity index (χ3n) is 3.85. The Hall–Kier alpha value is -1.67. The highest BCUT2D eigenvalue weighted by molar-refractivity contribution is 7.99. The van der Waals surface area contributed by atoms with Crippen LogP contribution in [-0.2, 0) is 17.8 Å². The van der Waals surface area contributed by atoms with E-state index in [4.69, 9.17) is 0 Å². The molecule has 2 aromatic rings. The lowest BCUT2D eigenvalue weighted by atomic mass is 10.1. The standard InChI is InChI=1S/C15H18N4O2S2/c1-4-11-9(3)16-15-19(14(11)21)6-10(7-22-15)13(20)17-12-5-8(2)18-23-12/h5,10H,4,6-7H2,1-3H3,(H,17,20). The molecule has 0 spiro atoms. The van der Waals surface area contributed by atoms with E-state index in [9.17, 15) is 9.59 Å². The van der Waals surface area contributed by atoms with Gasteiger partial charge in [-0.1, -0.05) is 18.7 Å². The third kappa shape index (κ3) is 3.18. The Balaban J connectivity index is 1.82. The Morgan fingerprint density at radius 2 is 2.26 bits per heavy atom. The number of rotatable bonds is 3. The van der Waals surface area contributed by atoms with Gasteiger partial charge in [0.05, 0.1) is 11.6 Å². The molecule has 2 aromatic heterocycles. The Morgan fingerprint density at radius 3 is 2.91 bits per heavy atom. The molecule has 0 aliphatic carbocycles. The maximum atomic E-state index is 12.6. The summed E-state index contributed by atoms with van der Waals surface area (Å²) in [6, 6.07) is 1.85. The summed E-state index contributed by atoms with van der Waals surface area (Å²) in [5.74, 6) is 0.306. The van der Waals surface area contributed by atoms with Gasteiger partial charge in [0.25, 0.3) is 5.56 Å². The lowest BCUT2D eigenvalue weighted by molar-refractivity contribution is -0.119. The summed E-state index contributed by atoms with van der Waals surface area (Å²) in [4.78, 5) is 29.5. The molecule has 23 heavy (non-hydrogen) atoms. The molecule has 0 saturated heterocycles. The van der Waals surface area contributed by atoms with Gasteiger partial charge in [-0.3, -0.25) is 14.2 Å². The van der Waals surface area contributed by atoms with E-state index in [2.05, 4.69) is 14.7 Å². The summed E-state index contributed by atoms with van der Waals surface area (Å²) >= 11 is 2.74. The number of hydrogen-bond acceptors (Lipinski definition) is 6. The van der Waals surface area contributed by atoms with E-state index < -0.39 is 0 Å². The zero-order valence-corrected chi connectivity index (χ0v) is 14.9. The van der Waals surface area contributed by atoms with Crippen LogP contribution in [0, 0.1) is 19.8 Å². The van der Waals surface area contributed by atoms with Gasteiger partial charge in [-0.05, 0) is 37.9 Å². The molecule has 1 aliphatic heterocycles. The lowest BCUT2D eigenvalue weighted by Crippen LogP contribution is -2.38. The molecule has 1 aliphatic rings. The molecule has 6 nitrogen and oxygen atoms in total. The Bertz CT molecular complexity index is 812. The first-order valence-electron chi connectivity index (χ1n) is 7.47. The largest absolute Gasteiger partial charge is 0.316 e. The van der Waals surface area contributed by atoms with Gasteiger partial charge in [-0.2, -0.15) is 4.37 Å². The Morgan fingerprint density at radius 1 is 1.48 bits per heavy atom. The number of thioether (sulfide) groups is 1. The number of hydrogen-bond donors (Lipinski definition) is 1. The zero-order chi connectivity index (χ0) is 16.6. The van der Waals surface area contributed by atoms with Crippen LogP contribution in [0.2, 0.25) is 0 Å². The monoisotopic (exact) mass is 350 g/mol. The zero-order valence-electron chi connectivity index (χ0n) is 13.3. The van der Waals surface area contributed by atoms with Crippen molar-refractivity contribution < 1.29 is 4.79 Å². The summed E-state index contributed by atoms with van der Waals surface area (Å²) in [5, 5.41) is 4.34. The number of aryl methyl sites for hydroxylation is 2. The first-order chi connectivity index (χ1) is 11.0. The minimum Gasteiger partial charge on any atom is -0.316 e. The fraction of sp³-hybridized carbons (Fsp3) is 0.467. The second-order valence-electron chi connectivity index (χ2n) is 5.56. The second-order valence-corrected chi connectivity index (χ2v) is 7.35. The highest BCUT2D eigenvalue weighted by Crippen LogP contribution is 2.27. The molecule has 1 unspecified atom stereocenters. The minimum atomic E-state index is -0.248. The summed E-state index contributed by atoms with van der Waals surface area (Å²) < 4.78 is 5.79. The number of aromatic nitrogens is 3. The number of anilines is 1. The van der Waals surface area contributed by atoms with Crippen LogP contribution in [0.4, 0.5) is 5.00 Å². The van der Waals surface area contributed by atoms with Crippen molar-refractivity contribution in [1.29, 1.82) is 0 Å². The highest BCUT2D eigenvalue weighted by Gasteiger charge is 2.28. The summed E-state index contributed by atoms with van der Waals surface area (Å²) in [6.07, 6.45) is 0.652. The number of fused-ring (bicyclic) bond motifs is 1. The van der Waals surface area contributed by atoms with Crippen LogP contribution in [-0.4, -0.2) is 25.6 Å². The molecule has 1 atom stereocenters.